The van der Waals surface area contributed by atoms with E-state index in [-0.39, 0.29) is 42.2 Å². The Kier molecular flexibility index (Phi) is 10.3. The molecular weight excluding hydrogens is 996 g/mol. The summed E-state index contributed by atoms with van der Waals surface area (Å²) >= 11 is 4.21. The molecule has 4 aliphatic heterocycles. The summed E-state index contributed by atoms with van der Waals surface area (Å²) in [6.07, 6.45) is -0.377. The van der Waals surface area contributed by atoms with Crippen molar-refractivity contribution < 1.29 is 29.9 Å². The van der Waals surface area contributed by atoms with E-state index >= 15 is 0 Å². The van der Waals surface area contributed by atoms with E-state index in [1.165, 1.54) is 9.59 Å². The van der Waals surface area contributed by atoms with Crippen LogP contribution < -0.4 is 20.9 Å². The lowest BCUT2D eigenvalue weighted by atomic mass is 9.88. The zero-order chi connectivity index (χ0) is 40.7. The van der Waals surface area contributed by atoms with Gasteiger partial charge in [-0.15, -0.1) is 20.4 Å². The topological polar surface area (TPSA) is 290 Å². The molecule has 7 N–H and O–H groups in total. The number of aromatic nitrogens is 12. The van der Waals surface area contributed by atoms with Crippen LogP contribution in [0.1, 0.15) is 87.8 Å². The quantitative estimate of drug-likeness (QED) is 0.0853. The number of aliphatic hydroxyl groups excluding tert-OH is 3. The molecule has 25 heteroatoms. The molecule has 0 aromatic carbocycles. The Balaban J connectivity index is 0.801. The highest BCUT2D eigenvalue weighted by Crippen LogP contribution is 2.65. The Bertz CT molecular complexity index is 2260. The number of hydrogen-bond donors (Lipinski definition) is 7. The van der Waals surface area contributed by atoms with Crippen LogP contribution in [-0.2, 0) is 22.6 Å². The highest BCUT2D eigenvalue weighted by Gasteiger charge is 2.78. The smallest absolute Gasteiger partial charge is 0.206 e. The number of ether oxygens (including phenoxy) is 2. The molecule has 2 unspecified atom stereocenters. The summed E-state index contributed by atoms with van der Waals surface area (Å²) in [6.45, 7) is 5.10. The largest absolute Gasteiger partial charge is 0.387 e. The highest BCUT2D eigenvalue weighted by atomic mass is 127. The molecule has 2 aliphatic carbocycles. The van der Waals surface area contributed by atoms with Gasteiger partial charge in [-0.25, -0.2) is 19.9 Å². The minimum Gasteiger partial charge on any atom is -0.387 e. The Morgan fingerprint density at radius 2 is 1.47 bits per heavy atom. The molecule has 4 fully saturated rings. The molecule has 4 aromatic rings. The number of fused-ring (bicyclic) bond motifs is 3. The zero-order valence-electron chi connectivity index (χ0n) is 31.9. The summed E-state index contributed by atoms with van der Waals surface area (Å²) < 4.78 is 13.4. The third-order valence-electron chi connectivity index (χ3n) is 12.3. The van der Waals surface area contributed by atoms with Crippen LogP contribution in [0.3, 0.4) is 0 Å². The number of nitrogens with one attached hydrogen (secondary N) is 3. The van der Waals surface area contributed by atoms with Crippen LogP contribution in [0, 0.1) is 13.6 Å². The number of rotatable bonds is 10. The fourth-order valence-electron chi connectivity index (χ4n) is 9.24. The second-order valence-corrected chi connectivity index (χ2v) is 17.6. The third kappa shape index (κ3) is 6.78. The van der Waals surface area contributed by atoms with Crippen molar-refractivity contribution in [1.82, 2.24) is 60.4 Å². The molecule has 10 rings (SSSR count). The second-order valence-electron chi connectivity index (χ2n) is 15.7. The van der Waals surface area contributed by atoms with Gasteiger partial charge < -0.3 is 50.8 Å². The number of nitrogens with zero attached hydrogens (tertiary/aromatic N) is 14. The Morgan fingerprint density at radius 1 is 0.831 bits per heavy atom. The number of aryl methyl sites for hydroxylation is 2. The van der Waals surface area contributed by atoms with Gasteiger partial charge in [0.05, 0.1) is 31.6 Å². The van der Waals surface area contributed by atoms with Crippen molar-refractivity contribution in [2.75, 3.05) is 27.5 Å². The molecule has 8 heterocycles. The van der Waals surface area contributed by atoms with Crippen molar-refractivity contribution in [3.05, 3.63) is 25.0 Å². The lowest BCUT2D eigenvalue weighted by Gasteiger charge is -2.31. The number of halogens is 2. The van der Waals surface area contributed by atoms with Gasteiger partial charge in [0.15, 0.2) is 43.6 Å². The molecule has 10 atom stereocenters. The fraction of sp³-hybridized carbons (Fsp3) is 0.676. The van der Waals surface area contributed by atoms with Crippen molar-refractivity contribution >= 4 is 80.2 Å². The summed E-state index contributed by atoms with van der Waals surface area (Å²) in [7, 11) is 0. The number of aliphatic hydroxyl groups is 4. The van der Waals surface area contributed by atoms with Crippen LogP contribution in [-0.4, -0.2) is 142 Å². The van der Waals surface area contributed by atoms with E-state index < -0.39 is 48.5 Å². The van der Waals surface area contributed by atoms with Gasteiger partial charge in [0.1, 0.15) is 35.3 Å². The van der Waals surface area contributed by atoms with E-state index in [9.17, 15) is 20.4 Å². The molecule has 23 nitrogen and oxygen atoms in total. The van der Waals surface area contributed by atoms with Gasteiger partial charge >= 0.3 is 0 Å². The van der Waals surface area contributed by atoms with Gasteiger partial charge in [0.2, 0.25) is 11.6 Å². The summed E-state index contributed by atoms with van der Waals surface area (Å²) in [5.74, 6) is 1.73. The Hall–Kier alpha value is -3.61. The maximum absolute atomic E-state index is 11.8. The van der Waals surface area contributed by atoms with Crippen LogP contribution in [0.25, 0.3) is 0 Å². The molecule has 0 radical (unpaired) electrons. The van der Waals surface area contributed by atoms with Crippen molar-refractivity contribution in [2.45, 2.75) is 132 Å². The average molecular weight is 1040 g/mol. The van der Waals surface area contributed by atoms with Gasteiger partial charge in [-0.05, 0) is 62.8 Å². The van der Waals surface area contributed by atoms with Crippen molar-refractivity contribution in [3.63, 3.8) is 0 Å². The summed E-state index contributed by atoms with van der Waals surface area (Å²) in [6, 6.07) is 0.250. The number of hydrogen-bond acceptors (Lipinski definition) is 21. The van der Waals surface area contributed by atoms with E-state index in [1.807, 2.05) is 20.1 Å². The minimum atomic E-state index is -1.47. The van der Waals surface area contributed by atoms with Gasteiger partial charge in [-0.2, -0.15) is 9.59 Å². The first-order valence-corrected chi connectivity index (χ1v) is 22.0. The second kappa shape index (κ2) is 15.4. The molecule has 6 aliphatic rings. The first-order chi connectivity index (χ1) is 28.5. The van der Waals surface area contributed by atoms with Crippen molar-refractivity contribution in [1.29, 1.82) is 0 Å². The Labute approximate surface area is 363 Å². The lowest BCUT2D eigenvalue weighted by molar-refractivity contribution is -0.0537. The lowest BCUT2D eigenvalue weighted by Crippen LogP contribution is -2.44. The minimum absolute atomic E-state index is 0.123. The maximum Gasteiger partial charge on any atom is 0.206 e. The molecular formula is C34H43I2N17O6. The van der Waals surface area contributed by atoms with Gasteiger partial charge in [0, 0.05) is 75.3 Å². The normalized spacial score (nSPS) is 34.6. The average Bonchev–Trinajstić information content (AvgIpc) is 3.88. The zero-order valence-corrected chi connectivity index (χ0v) is 36.2. The Morgan fingerprint density at radius 3 is 2.12 bits per heavy atom. The molecule has 2 saturated carbocycles. The van der Waals surface area contributed by atoms with Gasteiger partial charge in [-0.3, -0.25) is 4.99 Å². The van der Waals surface area contributed by atoms with Crippen LogP contribution in [0.2, 0.25) is 0 Å². The van der Waals surface area contributed by atoms with E-state index in [1.54, 1.807) is 4.90 Å². The molecule has 0 spiro atoms. The predicted molar refractivity (Wildman–Crippen MR) is 223 cm³/mol. The first kappa shape index (κ1) is 39.5. The summed E-state index contributed by atoms with van der Waals surface area (Å²) in [5.41, 5.74) is 0.618. The number of aliphatic imine (C=N–C) groups is 1. The molecule has 4 aromatic heterocycles. The summed E-state index contributed by atoms with van der Waals surface area (Å²) in [5, 5.41) is 80.4. The molecule has 59 heavy (non-hydrogen) atoms. The van der Waals surface area contributed by atoms with Crippen LogP contribution >= 0.6 is 45.2 Å². The standard InChI is InChI=1S/C34H43I2N17O6/c1-3-52-47-28(45-49-52)22-20(54)21(55)31(59-22)51-12-38-19-27(43-33(36)44-30(19)51)40-14-9-7-13(8-10-14)39-26-18-17(41-32(35)42-26)15(6-5-11-37-18)16-25-34(16,57)24(56)23(58-25)29-46-50-53(4-2)48-29/h11,13-16,20-25,31,38,54-57H,3-10,12H2,1-2H3,(H,39,41,42)(H,40,43,44)/t13?,14?,15?,16?,20-,21+,22-,23-,24+,25-,31+,34-/m0/s1. The summed E-state index contributed by atoms with van der Waals surface area (Å²) in [4.78, 5) is 28.5. The van der Waals surface area contributed by atoms with Crippen LogP contribution in [0.5, 0.6) is 0 Å². The molecule has 0 bridgehead atoms. The fourth-order valence-corrected chi connectivity index (χ4v) is 10.2. The molecule has 314 valence electrons. The van der Waals surface area contributed by atoms with Crippen LogP contribution in [0.15, 0.2) is 4.99 Å². The van der Waals surface area contributed by atoms with E-state index in [0.29, 0.717) is 62.4 Å². The van der Waals surface area contributed by atoms with Gasteiger partial charge in [-0.1, -0.05) is 0 Å². The maximum atomic E-state index is 11.8. The predicted octanol–water partition coefficient (Wildman–Crippen LogP) is 0.774. The molecule has 0 amide bonds. The van der Waals surface area contributed by atoms with Crippen molar-refractivity contribution in [3.8, 4) is 0 Å². The monoisotopic (exact) mass is 1040 g/mol. The number of anilines is 4. The molecule has 2 saturated heterocycles. The first-order valence-electron chi connectivity index (χ1n) is 19.9. The van der Waals surface area contributed by atoms with E-state index in [2.05, 4.69) is 96.9 Å². The van der Waals surface area contributed by atoms with Crippen molar-refractivity contribution in [2.24, 2.45) is 10.9 Å². The van der Waals surface area contributed by atoms with Crippen LogP contribution in [0.4, 0.5) is 28.8 Å². The van der Waals surface area contributed by atoms with E-state index in [4.69, 9.17) is 29.4 Å². The van der Waals surface area contributed by atoms with Gasteiger partial charge in [0.25, 0.3) is 0 Å². The SMILES string of the molecule is CCn1nnc([C@H]2O[C@@H](N3CNc4c(NC5CCC(Nc6nc(I)nc7c6N=CCCC7C6[C@@H]7O[C@H](c8nnn(CC)n8)[C@@H](O)[C@@]67O)CC5)nc(I)nc43)[C@H](O)[C@@H]2O)n1. The van der Waals surface area contributed by atoms with E-state index in [0.717, 1.165) is 31.4 Å². The number of tetrazole rings is 2. The third-order valence-corrected chi connectivity index (χ3v) is 13.2. The highest BCUT2D eigenvalue weighted by molar-refractivity contribution is 14.1.